The van der Waals surface area contributed by atoms with Crippen molar-refractivity contribution in [2.45, 2.75) is 19.3 Å². The van der Waals surface area contributed by atoms with Crippen LogP contribution in [-0.2, 0) is 24.5 Å². The molecule has 7 nitrogen and oxygen atoms in total. The summed E-state index contributed by atoms with van der Waals surface area (Å²) in [6.45, 7) is 2.87. The molecule has 0 aliphatic heterocycles. The predicted molar refractivity (Wildman–Crippen MR) is 110 cm³/mol. The van der Waals surface area contributed by atoms with E-state index >= 15 is 0 Å². The SMILES string of the molecule is COc1cccc(NC(=O)CN(C)C(=O)COC(=O)C(C)(C)c2ccccc2)c1. The van der Waals surface area contributed by atoms with Crippen LogP contribution in [0.1, 0.15) is 19.4 Å². The Balaban J connectivity index is 1.85. The number of nitrogens with one attached hydrogen (secondary N) is 1. The number of benzene rings is 2. The zero-order valence-electron chi connectivity index (χ0n) is 17.1. The van der Waals surface area contributed by atoms with E-state index < -0.39 is 23.9 Å². The maximum atomic E-state index is 12.4. The number of hydrogen-bond acceptors (Lipinski definition) is 5. The Morgan fingerprint density at radius 3 is 2.38 bits per heavy atom. The minimum absolute atomic E-state index is 0.171. The lowest BCUT2D eigenvalue weighted by Gasteiger charge is -2.24. The highest BCUT2D eigenvalue weighted by molar-refractivity contribution is 5.95. The summed E-state index contributed by atoms with van der Waals surface area (Å²) in [7, 11) is 3.01. The summed E-state index contributed by atoms with van der Waals surface area (Å²) >= 11 is 0. The molecular formula is C22H26N2O5. The molecule has 0 aromatic heterocycles. The van der Waals surface area contributed by atoms with Gasteiger partial charge < -0.3 is 19.7 Å². The van der Waals surface area contributed by atoms with Crippen LogP contribution in [0.3, 0.4) is 0 Å². The first-order valence-electron chi connectivity index (χ1n) is 9.14. The topological polar surface area (TPSA) is 84.9 Å². The highest BCUT2D eigenvalue weighted by atomic mass is 16.5. The van der Waals surface area contributed by atoms with E-state index in [2.05, 4.69) is 5.32 Å². The van der Waals surface area contributed by atoms with Gasteiger partial charge in [-0.1, -0.05) is 36.4 Å². The Hall–Kier alpha value is -3.35. The summed E-state index contributed by atoms with van der Waals surface area (Å²) in [5.74, 6) is -0.737. The van der Waals surface area contributed by atoms with Crippen LogP contribution < -0.4 is 10.1 Å². The first kappa shape index (κ1) is 21.9. The molecule has 29 heavy (non-hydrogen) atoms. The van der Waals surface area contributed by atoms with Crippen molar-refractivity contribution in [2.75, 3.05) is 32.6 Å². The first-order chi connectivity index (χ1) is 13.7. The van der Waals surface area contributed by atoms with Crippen molar-refractivity contribution >= 4 is 23.5 Å². The van der Waals surface area contributed by atoms with Gasteiger partial charge in [-0.15, -0.1) is 0 Å². The number of carbonyl (C=O) groups excluding carboxylic acids is 3. The highest BCUT2D eigenvalue weighted by Crippen LogP contribution is 2.24. The predicted octanol–water partition coefficient (Wildman–Crippen LogP) is 2.61. The van der Waals surface area contributed by atoms with Gasteiger partial charge >= 0.3 is 5.97 Å². The number of nitrogens with zero attached hydrogens (tertiary/aromatic N) is 1. The number of hydrogen-bond donors (Lipinski definition) is 1. The van der Waals surface area contributed by atoms with E-state index in [1.165, 1.54) is 19.1 Å². The number of methoxy groups -OCH3 is 1. The number of anilines is 1. The second-order valence-electron chi connectivity index (χ2n) is 7.10. The number of esters is 1. The second-order valence-corrected chi connectivity index (χ2v) is 7.10. The summed E-state index contributed by atoms with van der Waals surface area (Å²) in [6.07, 6.45) is 0. The summed E-state index contributed by atoms with van der Waals surface area (Å²) in [4.78, 5) is 38.0. The Labute approximate surface area is 170 Å². The molecular weight excluding hydrogens is 372 g/mol. The van der Waals surface area contributed by atoms with Crippen LogP contribution in [-0.4, -0.2) is 50.0 Å². The molecule has 2 rings (SSSR count). The maximum absolute atomic E-state index is 12.4. The van der Waals surface area contributed by atoms with Gasteiger partial charge in [-0.2, -0.15) is 0 Å². The fraction of sp³-hybridized carbons (Fsp3) is 0.318. The summed E-state index contributed by atoms with van der Waals surface area (Å²) in [6, 6.07) is 16.1. The Morgan fingerprint density at radius 1 is 1.03 bits per heavy atom. The quantitative estimate of drug-likeness (QED) is 0.691. The minimum atomic E-state index is -0.885. The van der Waals surface area contributed by atoms with Gasteiger partial charge in [0, 0.05) is 18.8 Å². The van der Waals surface area contributed by atoms with Gasteiger partial charge in [0.1, 0.15) is 5.75 Å². The number of amides is 2. The van der Waals surface area contributed by atoms with Crippen LogP contribution in [0.15, 0.2) is 54.6 Å². The summed E-state index contributed by atoms with van der Waals surface area (Å²) < 4.78 is 10.3. The monoisotopic (exact) mass is 398 g/mol. The van der Waals surface area contributed by atoms with E-state index in [9.17, 15) is 14.4 Å². The number of likely N-dealkylation sites (N-methyl/N-ethyl adjacent to an activating group) is 1. The van der Waals surface area contributed by atoms with Gasteiger partial charge in [0.25, 0.3) is 5.91 Å². The lowest BCUT2D eigenvalue weighted by molar-refractivity contribution is -0.155. The molecule has 2 amide bonds. The molecule has 0 aliphatic rings. The number of rotatable bonds is 8. The number of carbonyl (C=O) groups is 3. The van der Waals surface area contributed by atoms with Crippen LogP contribution in [0.5, 0.6) is 5.75 Å². The molecule has 0 atom stereocenters. The Morgan fingerprint density at radius 2 is 1.72 bits per heavy atom. The van der Waals surface area contributed by atoms with Gasteiger partial charge in [0.2, 0.25) is 5.91 Å². The normalized spacial score (nSPS) is 10.8. The van der Waals surface area contributed by atoms with Gasteiger partial charge in [-0.05, 0) is 31.5 Å². The molecule has 0 fully saturated rings. The summed E-state index contributed by atoms with van der Waals surface area (Å²) in [5.41, 5.74) is 0.471. The Kier molecular flexibility index (Phi) is 7.36. The molecule has 1 N–H and O–H groups in total. The van der Waals surface area contributed by atoms with Crippen molar-refractivity contribution in [3.63, 3.8) is 0 Å². The molecule has 0 heterocycles. The fourth-order valence-corrected chi connectivity index (χ4v) is 2.60. The van der Waals surface area contributed by atoms with Crippen molar-refractivity contribution < 1.29 is 23.9 Å². The van der Waals surface area contributed by atoms with E-state index in [-0.39, 0.29) is 12.5 Å². The molecule has 0 saturated carbocycles. The van der Waals surface area contributed by atoms with Crippen LogP contribution in [0.2, 0.25) is 0 Å². The average molecular weight is 398 g/mol. The fourth-order valence-electron chi connectivity index (χ4n) is 2.60. The largest absolute Gasteiger partial charge is 0.497 e. The minimum Gasteiger partial charge on any atom is -0.497 e. The first-order valence-corrected chi connectivity index (χ1v) is 9.14. The smallest absolute Gasteiger partial charge is 0.316 e. The summed E-state index contributed by atoms with van der Waals surface area (Å²) in [5, 5.41) is 2.69. The van der Waals surface area contributed by atoms with E-state index in [1.54, 1.807) is 38.1 Å². The van der Waals surface area contributed by atoms with Crippen LogP contribution in [0.25, 0.3) is 0 Å². The molecule has 0 unspecified atom stereocenters. The molecule has 0 radical (unpaired) electrons. The van der Waals surface area contributed by atoms with Gasteiger partial charge in [0.15, 0.2) is 6.61 Å². The molecule has 0 spiro atoms. The van der Waals surface area contributed by atoms with Crippen molar-refractivity contribution in [2.24, 2.45) is 0 Å². The van der Waals surface area contributed by atoms with E-state index in [4.69, 9.17) is 9.47 Å². The van der Waals surface area contributed by atoms with Crippen molar-refractivity contribution in [1.82, 2.24) is 4.90 Å². The third-order valence-electron chi connectivity index (χ3n) is 4.49. The van der Waals surface area contributed by atoms with Gasteiger partial charge in [-0.25, -0.2) is 0 Å². The molecule has 2 aromatic rings. The molecule has 2 aromatic carbocycles. The third-order valence-corrected chi connectivity index (χ3v) is 4.49. The molecule has 0 bridgehead atoms. The zero-order chi connectivity index (χ0) is 21.4. The van der Waals surface area contributed by atoms with E-state index in [1.807, 2.05) is 30.3 Å². The van der Waals surface area contributed by atoms with Crippen LogP contribution >= 0.6 is 0 Å². The lowest BCUT2D eigenvalue weighted by atomic mass is 9.85. The van der Waals surface area contributed by atoms with Gasteiger partial charge in [0.05, 0.1) is 19.1 Å². The highest BCUT2D eigenvalue weighted by Gasteiger charge is 2.32. The molecule has 0 saturated heterocycles. The third kappa shape index (κ3) is 6.07. The van der Waals surface area contributed by atoms with Crippen LogP contribution in [0, 0.1) is 0 Å². The van der Waals surface area contributed by atoms with Crippen molar-refractivity contribution in [1.29, 1.82) is 0 Å². The second kappa shape index (κ2) is 9.73. The van der Waals surface area contributed by atoms with Crippen molar-refractivity contribution in [3.05, 3.63) is 60.2 Å². The molecule has 7 heteroatoms. The van der Waals surface area contributed by atoms with Gasteiger partial charge in [-0.3, -0.25) is 14.4 Å². The lowest BCUT2D eigenvalue weighted by Crippen LogP contribution is -2.39. The number of ether oxygens (including phenoxy) is 2. The zero-order valence-corrected chi connectivity index (χ0v) is 17.1. The van der Waals surface area contributed by atoms with E-state index in [0.717, 1.165) is 5.56 Å². The van der Waals surface area contributed by atoms with E-state index in [0.29, 0.717) is 11.4 Å². The standard InChI is InChI=1S/C22H26N2O5/c1-22(2,16-9-6-5-7-10-16)21(27)29-15-20(26)24(3)14-19(25)23-17-11-8-12-18(13-17)28-4/h5-13H,14-15H2,1-4H3,(H,23,25). The Bertz CT molecular complexity index is 865. The average Bonchev–Trinajstić information content (AvgIpc) is 2.72. The van der Waals surface area contributed by atoms with Crippen molar-refractivity contribution in [3.8, 4) is 5.75 Å². The molecule has 154 valence electrons. The maximum Gasteiger partial charge on any atom is 0.316 e. The molecule has 0 aliphatic carbocycles. The van der Waals surface area contributed by atoms with Crippen LogP contribution in [0.4, 0.5) is 5.69 Å².